The fourth-order valence-corrected chi connectivity index (χ4v) is 1.95. The Balaban J connectivity index is 2.12. The first-order valence-corrected chi connectivity index (χ1v) is 6.88. The second-order valence-electron chi connectivity index (χ2n) is 4.78. The lowest BCUT2D eigenvalue weighted by atomic mass is 10.2. The summed E-state index contributed by atoms with van der Waals surface area (Å²) < 4.78 is 5.02. The molecule has 0 radical (unpaired) electrons. The lowest BCUT2D eigenvalue weighted by Crippen LogP contribution is -2.21. The summed E-state index contributed by atoms with van der Waals surface area (Å²) in [6.45, 7) is -0.690. The zero-order valence-electron chi connectivity index (χ0n) is 12.9. The van der Waals surface area contributed by atoms with Crippen LogP contribution >= 0.6 is 0 Å². The topological polar surface area (TPSA) is 168 Å². The van der Waals surface area contributed by atoms with Crippen molar-refractivity contribution in [2.75, 3.05) is 11.9 Å². The second kappa shape index (κ2) is 7.65. The van der Waals surface area contributed by atoms with Crippen LogP contribution in [0.3, 0.4) is 0 Å². The molecule has 0 bridgehead atoms. The highest BCUT2D eigenvalue weighted by atomic mass is 16.6. The fraction of sp³-hybridized carbons (Fsp3) is 0.0714. The first kappa shape index (κ1) is 18.3. The third-order valence-corrected chi connectivity index (χ3v) is 3.08. The number of benzene rings is 2. The average Bonchev–Trinajstić information content (AvgIpc) is 2.59. The van der Waals surface area contributed by atoms with Crippen LogP contribution in [-0.4, -0.2) is 27.3 Å². The molecule has 12 heteroatoms. The molecule has 0 saturated heterocycles. The number of hydrogen-bond acceptors (Lipinski definition) is 8. The molecule has 2 aromatic rings. The van der Waals surface area contributed by atoms with Crippen LogP contribution in [0.25, 0.3) is 0 Å². The van der Waals surface area contributed by atoms with E-state index in [1.165, 1.54) is 24.3 Å². The van der Waals surface area contributed by atoms with Crippen LogP contribution in [0, 0.1) is 30.3 Å². The van der Waals surface area contributed by atoms with Gasteiger partial charge < -0.3 is 10.1 Å². The molecule has 0 atom stereocenters. The van der Waals surface area contributed by atoms with Gasteiger partial charge in [-0.3, -0.25) is 35.1 Å². The van der Waals surface area contributed by atoms with Gasteiger partial charge in [0.15, 0.2) is 12.4 Å². The number of hydrogen-bond donors (Lipinski definition) is 1. The number of nitrogens with one attached hydrogen (secondary N) is 1. The van der Waals surface area contributed by atoms with Crippen molar-refractivity contribution in [3.05, 3.63) is 72.8 Å². The maximum Gasteiger partial charge on any atom is 0.317 e. The molecule has 0 aliphatic rings. The van der Waals surface area contributed by atoms with Crippen LogP contribution in [0.4, 0.5) is 22.7 Å². The Morgan fingerprint density at radius 2 is 1.58 bits per heavy atom. The van der Waals surface area contributed by atoms with E-state index in [0.29, 0.717) is 6.07 Å². The van der Waals surface area contributed by atoms with Crippen molar-refractivity contribution < 1.29 is 24.3 Å². The van der Waals surface area contributed by atoms with Crippen LogP contribution in [0.2, 0.25) is 0 Å². The number of carbonyl (C=O) groups excluding carboxylic acids is 1. The van der Waals surface area contributed by atoms with Gasteiger partial charge in [-0.05, 0) is 12.1 Å². The van der Waals surface area contributed by atoms with Crippen LogP contribution in [0.1, 0.15) is 0 Å². The standard InChI is InChI=1S/C14H10N4O8/c19-14(15-10-3-1-2-4-11(10)17(22)23)8-26-13-6-5-9(16(20)21)7-12(13)18(24)25/h1-7H,8H2,(H,15,19). The predicted octanol–water partition coefficient (Wildman–Crippen LogP) is 2.43. The highest BCUT2D eigenvalue weighted by molar-refractivity contribution is 5.94. The van der Waals surface area contributed by atoms with E-state index in [1.54, 1.807) is 0 Å². The number of ether oxygens (including phenoxy) is 1. The first-order valence-electron chi connectivity index (χ1n) is 6.88. The molecule has 1 N–H and O–H groups in total. The zero-order chi connectivity index (χ0) is 19.3. The maximum atomic E-state index is 11.9. The summed E-state index contributed by atoms with van der Waals surface area (Å²) in [5.41, 5.74) is -1.59. The van der Waals surface area contributed by atoms with Gasteiger partial charge in [-0.15, -0.1) is 0 Å². The fourth-order valence-electron chi connectivity index (χ4n) is 1.95. The molecule has 0 fully saturated rings. The Labute approximate surface area is 144 Å². The molecular formula is C14H10N4O8. The number of para-hydroxylation sites is 2. The largest absolute Gasteiger partial charge is 0.477 e. The summed E-state index contributed by atoms with van der Waals surface area (Å²) in [4.78, 5) is 42.0. The Kier molecular flexibility index (Phi) is 5.37. The molecule has 0 aliphatic carbocycles. The van der Waals surface area contributed by atoms with Crippen molar-refractivity contribution in [2.24, 2.45) is 0 Å². The van der Waals surface area contributed by atoms with Crippen molar-refractivity contribution in [2.45, 2.75) is 0 Å². The van der Waals surface area contributed by atoms with E-state index in [4.69, 9.17) is 4.74 Å². The molecule has 0 heterocycles. The molecule has 134 valence electrons. The highest BCUT2D eigenvalue weighted by Gasteiger charge is 2.22. The number of amides is 1. The van der Waals surface area contributed by atoms with E-state index in [-0.39, 0.29) is 17.1 Å². The van der Waals surface area contributed by atoms with Gasteiger partial charge in [0.2, 0.25) is 0 Å². The number of non-ortho nitro benzene ring substituents is 1. The smallest absolute Gasteiger partial charge is 0.317 e. The first-order chi connectivity index (χ1) is 12.3. The van der Waals surface area contributed by atoms with E-state index in [1.807, 2.05) is 0 Å². The van der Waals surface area contributed by atoms with Gasteiger partial charge >= 0.3 is 5.69 Å². The molecule has 2 rings (SSSR count). The Morgan fingerprint density at radius 1 is 0.923 bits per heavy atom. The number of rotatable bonds is 7. The van der Waals surface area contributed by atoms with Gasteiger partial charge in [0.25, 0.3) is 17.3 Å². The van der Waals surface area contributed by atoms with Gasteiger partial charge in [-0.25, -0.2) is 0 Å². The number of anilines is 1. The molecule has 0 unspecified atom stereocenters. The second-order valence-corrected chi connectivity index (χ2v) is 4.78. The third-order valence-electron chi connectivity index (χ3n) is 3.08. The summed E-state index contributed by atoms with van der Waals surface area (Å²) in [5, 5.41) is 34.8. The van der Waals surface area contributed by atoms with Gasteiger partial charge in [-0.1, -0.05) is 12.1 Å². The van der Waals surface area contributed by atoms with Crippen LogP contribution in [0.15, 0.2) is 42.5 Å². The summed E-state index contributed by atoms with van der Waals surface area (Å²) in [5.74, 6) is -1.15. The quantitative estimate of drug-likeness (QED) is 0.578. The number of nitro groups is 3. The van der Waals surface area contributed by atoms with E-state index in [0.717, 1.165) is 12.1 Å². The monoisotopic (exact) mass is 362 g/mol. The molecule has 0 spiro atoms. The minimum Gasteiger partial charge on any atom is -0.477 e. The molecule has 1 amide bonds. The van der Waals surface area contributed by atoms with Crippen molar-refractivity contribution in [1.29, 1.82) is 0 Å². The van der Waals surface area contributed by atoms with Crippen molar-refractivity contribution in [3.63, 3.8) is 0 Å². The molecular weight excluding hydrogens is 352 g/mol. The zero-order valence-corrected chi connectivity index (χ0v) is 12.9. The summed E-state index contributed by atoms with van der Waals surface area (Å²) in [6, 6.07) is 8.09. The number of carbonyl (C=O) groups is 1. The highest BCUT2D eigenvalue weighted by Crippen LogP contribution is 2.31. The summed E-state index contributed by atoms with van der Waals surface area (Å²) in [7, 11) is 0. The van der Waals surface area contributed by atoms with Crippen molar-refractivity contribution in [3.8, 4) is 5.75 Å². The van der Waals surface area contributed by atoms with E-state index in [2.05, 4.69) is 5.32 Å². The summed E-state index contributed by atoms with van der Waals surface area (Å²) in [6.07, 6.45) is 0. The number of nitro benzene ring substituents is 3. The Bertz CT molecular complexity index is 898. The average molecular weight is 362 g/mol. The minimum atomic E-state index is -0.887. The van der Waals surface area contributed by atoms with E-state index in [9.17, 15) is 35.1 Å². The van der Waals surface area contributed by atoms with Crippen molar-refractivity contribution in [1.82, 2.24) is 0 Å². The van der Waals surface area contributed by atoms with Gasteiger partial charge in [-0.2, -0.15) is 0 Å². The van der Waals surface area contributed by atoms with E-state index >= 15 is 0 Å². The SMILES string of the molecule is O=C(COc1ccc([N+](=O)[O-])cc1[N+](=O)[O-])Nc1ccccc1[N+](=O)[O-]. The molecule has 12 nitrogen and oxygen atoms in total. The molecule has 2 aromatic carbocycles. The normalized spacial score (nSPS) is 10.0. The maximum absolute atomic E-state index is 11.9. The van der Waals surface area contributed by atoms with Crippen LogP contribution in [-0.2, 0) is 4.79 Å². The molecule has 0 saturated carbocycles. The van der Waals surface area contributed by atoms with Crippen LogP contribution in [0.5, 0.6) is 5.75 Å². The van der Waals surface area contributed by atoms with Crippen molar-refractivity contribution >= 4 is 28.7 Å². The number of nitrogens with zero attached hydrogens (tertiary/aromatic N) is 3. The summed E-state index contributed by atoms with van der Waals surface area (Å²) >= 11 is 0. The van der Waals surface area contributed by atoms with Gasteiger partial charge in [0.1, 0.15) is 5.69 Å². The molecule has 0 aromatic heterocycles. The Hall–Kier alpha value is -4.09. The van der Waals surface area contributed by atoms with Gasteiger partial charge in [0.05, 0.1) is 20.8 Å². The third kappa shape index (κ3) is 4.25. The van der Waals surface area contributed by atoms with Crippen LogP contribution < -0.4 is 10.1 Å². The van der Waals surface area contributed by atoms with Gasteiger partial charge in [0, 0.05) is 12.1 Å². The van der Waals surface area contributed by atoms with E-state index < -0.39 is 38.7 Å². The lowest BCUT2D eigenvalue weighted by Gasteiger charge is -2.08. The Morgan fingerprint density at radius 3 is 2.19 bits per heavy atom. The molecule has 0 aliphatic heterocycles. The molecule has 26 heavy (non-hydrogen) atoms. The minimum absolute atomic E-state index is 0.0655. The lowest BCUT2D eigenvalue weighted by molar-refractivity contribution is -0.394. The predicted molar refractivity (Wildman–Crippen MR) is 87.0 cm³/mol.